The monoisotopic (exact) mass is 184 g/mol. The molecule has 2 nitrogen and oxygen atoms in total. The van der Waals surface area contributed by atoms with Gasteiger partial charge in [-0.15, -0.1) is 11.8 Å². The summed E-state index contributed by atoms with van der Waals surface area (Å²) in [4.78, 5) is 10.6. The quantitative estimate of drug-likeness (QED) is 0.669. The molecular formula is C9H12O2S. The van der Waals surface area contributed by atoms with Crippen LogP contribution in [0.15, 0.2) is 24.5 Å². The topological polar surface area (TPSA) is 26.3 Å². The lowest BCUT2D eigenvalue weighted by molar-refractivity contribution is -0.116. The molecule has 1 rings (SSSR count). The Hall–Kier alpha value is -0.700. The van der Waals surface area contributed by atoms with Crippen molar-refractivity contribution in [2.45, 2.75) is 18.8 Å². The Kier molecular flexibility index (Phi) is 3.94. The van der Waals surface area contributed by atoms with Crippen LogP contribution in [0, 0.1) is 0 Å². The van der Waals surface area contributed by atoms with E-state index in [0.29, 0.717) is 6.42 Å². The van der Waals surface area contributed by atoms with E-state index in [1.807, 2.05) is 18.2 Å². The third-order valence-electron chi connectivity index (χ3n) is 1.41. The second kappa shape index (κ2) is 5.04. The molecule has 0 bridgehead atoms. The fraction of sp³-hybridized carbons (Fsp3) is 0.444. The van der Waals surface area contributed by atoms with E-state index in [1.54, 1.807) is 24.9 Å². The fourth-order valence-electron chi connectivity index (χ4n) is 0.782. The second-order valence-electron chi connectivity index (χ2n) is 2.54. The Morgan fingerprint density at radius 3 is 3.00 bits per heavy atom. The van der Waals surface area contributed by atoms with Crippen LogP contribution in [0.5, 0.6) is 0 Å². The maximum absolute atomic E-state index is 10.6. The first-order valence-electron chi connectivity index (χ1n) is 3.89. The molecule has 66 valence electrons. The average Bonchev–Trinajstić information content (AvgIpc) is 2.05. The van der Waals surface area contributed by atoms with E-state index in [9.17, 15) is 4.79 Å². The van der Waals surface area contributed by atoms with Crippen molar-refractivity contribution in [2.75, 3.05) is 5.75 Å². The molecule has 1 unspecified atom stereocenters. The van der Waals surface area contributed by atoms with Crippen molar-refractivity contribution in [1.82, 2.24) is 0 Å². The van der Waals surface area contributed by atoms with E-state index < -0.39 is 0 Å². The molecule has 0 aliphatic carbocycles. The highest BCUT2D eigenvalue weighted by molar-refractivity contribution is 7.99. The Morgan fingerprint density at radius 1 is 1.58 bits per heavy atom. The van der Waals surface area contributed by atoms with E-state index in [4.69, 9.17) is 4.74 Å². The van der Waals surface area contributed by atoms with E-state index in [0.717, 1.165) is 5.75 Å². The van der Waals surface area contributed by atoms with Gasteiger partial charge in [0, 0.05) is 12.2 Å². The molecule has 0 radical (unpaired) electrons. The number of allylic oxidation sites excluding steroid dienone is 2. The molecule has 1 aliphatic heterocycles. The normalized spacial score (nSPS) is 20.6. The molecule has 12 heavy (non-hydrogen) atoms. The molecule has 1 atom stereocenters. The number of carbonyl (C=O) groups is 1. The lowest BCUT2D eigenvalue weighted by atomic mass is 10.4. The highest BCUT2D eigenvalue weighted by atomic mass is 32.2. The van der Waals surface area contributed by atoms with Crippen LogP contribution in [-0.2, 0) is 9.53 Å². The molecule has 0 saturated carbocycles. The number of rotatable bonds is 4. The van der Waals surface area contributed by atoms with Gasteiger partial charge < -0.3 is 4.74 Å². The second-order valence-corrected chi connectivity index (χ2v) is 3.75. The summed E-state index contributed by atoms with van der Waals surface area (Å²) >= 11 is 1.64. The molecule has 1 aliphatic rings. The van der Waals surface area contributed by atoms with E-state index >= 15 is 0 Å². The van der Waals surface area contributed by atoms with E-state index in [-0.39, 0.29) is 11.2 Å². The van der Waals surface area contributed by atoms with Crippen molar-refractivity contribution in [3.63, 3.8) is 0 Å². The molecule has 3 heteroatoms. The van der Waals surface area contributed by atoms with Gasteiger partial charge >= 0.3 is 0 Å². The van der Waals surface area contributed by atoms with Gasteiger partial charge in [0.05, 0.1) is 6.26 Å². The van der Waals surface area contributed by atoms with Crippen molar-refractivity contribution < 1.29 is 9.53 Å². The Balaban J connectivity index is 2.11. The maximum Gasteiger partial charge on any atom is 0.162 e. The van der Waals surface area contributed by atoms with Gasteiger partial charge in [-0.2, -0.15) is 0 Å². The largest absolute Gasteiger partial charge is 0.483 e. The molecule has 0 aromatic heterocycles. The lowest BCUT2D eigenvalue weighted by Gasteiger charge is -2.13. The Morgan fingerprint density at radius 2 is 2.42 bits per heavy atom. The SMILES string of the molecule is CC(=O)CCSC1C=CC=CO1. The average molecular weight is 184 g/mol. The molecule has 0 saturated heterocycles. The Bertz CT molecular complexity index is 209. The first-order valence-corrected chi connectivity index (χ1v) is 4.94. The first-order chi connectivity index (χ1) is 5.79. The van der Waals surface area contributed by atoms with Crippen LogP contribution in [0.4, 0.5) is 0 Å². The van der Waals surface area contributed by atoms with Gasteiger partial charge in [-0.3, -0.25) is 4.79 Å². The third kappa shape index (κ3) is 3.62. The van der Waals surface area contributed by atoms with Gasteiger partial charge in [0.2, 0.25) is 0 Å². The van der Waals surface area contributed by atoms with Gasteiger partial charge in [-0.25, -0.2) is 0 Å². The van der Waals surface area contributed by atoms with Crippen molar-refractivity contribution in [3.8, 4) is 0 Å². The van der Waals surface area contributed by atoms with Gasteiger partial charge in [0.15, 0.2) is 5.44 Å². The van der Waals surface area contributed by atoms with Gasteiger partial charge in [0.1, 0.15) is 5.78 Å². The van der Waals surface area contributed by atoms with Crippen molar-refractivity contribution in [1.29, 1.82) is 0 Å². The number of ketones is 1. The minimum absolute atomic E-state index is 0.0920. The summed E-state index contributed by atoms with van der Waals surface area (Å²) in [5.41, 5.74) is 0.0920. The van der Waals surface area contributed by atoms with Crippen LogP contribution in [0.2, 0.25) is 0 Å². The molecule has 0 fully saturated rings. The van der Waals surface area contributed by atoms with Crippen molar-refractivity contribution in [2.24, 2.45) is 0 Å². The van der Waals surface area contributed by atoms with Crippen LogP contribution in [0.1, 0.15) is 13.3 Å². The highest BCUT2D eigenvalue weighted by Gasteiger charge is 2.06. The number of carbonyl (C=O) groups excluding carboxylic acids is 1. The summed E-state index contributed by atoms with van der Waals surface area (Å²) in [5, 5.41) is 0. The maximum atomic E-state index is 10.6. The molecule has 0 aromatic carbocycles. The van der Waals surface area contributed by atoms with Crippen LogP contribution in [-0.4, -0.2) is 17.0 Å². The summed E-state index contributed by atoms with van der Waals surface area (Å²) in [6.45, 7) is 1.61. The van der Waals surface area contributed by atoms with Crippen LogP contribution in [0.25, 0.3) is 0 Å². The van der Waals surface area contributed by atoms with Crippen molar-refractivity contribution in [3.05, 3.63) is 24.5 Å². The number of Topliss-reactive ketones (excluding diaryl/α,β-unsaturated/α-hetero) is 1. The predicted octanol–water partition coefficient (Wildman–Crippen LogP) is 2.12. The third-order valence-corrected chi connectivity index (χ3v) is 2.44. The van der Waals surface area contributed by atoms with E-state index in [2.05, 4.69) is 0 Å². The zero-order valence-electron chi connectivity index (χ0n) is 7.03. The van der Waals surface area contributed by atoms with Crippen LogP contribution >= 0.6 is 11.8 Å². The number of ether oxygens (including phenoxy) is 1. The van der Waals surface area contributed by atoms with Crippen LogP contribution < -0.4 is 0 Å². The number of hydrogen-bond acceptors (Lipinski definition) is 3. The minimum Gasteiger partial charge on any atom is -0.483 e. The summed E-state index contributed by atoms with van der Waals surface area (Å²) in [5.74, 6) is 1.07. The summed E-state index contributed by atoms with van der Waals surface area (Å²) in [7, 11) is 0. The molecule has 1 heterocycles. The fourth-order valence-corrected chi connectivity index (χ4v) is 1.76. The number of hydrogen-bond donors (Lipinski definition) is 0. The molecule has 0 spiro atoms. The van der Waals surface area contributed by atoms with Gasteiger partial charge in [-0.05, 0) is 19.1 Å². The Labute approximate surface area is 76.7 Å². The van der Waals surface area contributed by atoms with Crippen LogP contribution in [0.3, 0.4) is 0 Å². The zero-order valence-corrected chi connectivity index (χ0v) is 7.84. The minimum atomic E-state index is 0.0920. The summed E-state index contributed by atoms with van der Waals surface area (Å²) < 4.78 is 5.24. The smallest absolute Gasteiger partial charge is 0.162 e. The van der Waals surface area contributed by atoms with Gasteiger partial charge in [0.25, 0.3) is 0 Å². The molecule has 0 aromatic rings. The first kappa shape index (κ1) is 9.39. The molecule has 0 amide bonds. The van der Waals surface area contributed by atoms with Gasteiger partial charge in [-0.1, -0.05) is 6.08 Å². The lowest BCUT2D eigenvalue weighted by Crippen LogP contribution is -2.05. The highest BCUT2D eigenvalue weighted by Crippen LogP contribution is 2.17. The predicted molar refractivity (Wildman–Crippen MR) is 50.9 cm³/mol. The molecular weight excluding hydrogens is 172 g/mol. The summed E-state index contributed by atoms with van der Waals surface area (Å²) in [6, 6.07) is 0. The summed E-state index contributed by atoms with van der Waals surface area (Å²) in [6.07, 6.45) is 8.08. The standard InChI is InChI=1S/C9H12O2S/c1-8(10)5-7-12-9-4-2-3-6-11-9/h2-4,6,9H,5,7H2,1H3. The van der Waals surface area contributed by atoms with E-state index in [1.165, 1.54) is 0 Å². The zero-order chi connectivity index (χ0) is 8.81. The molecule has 0 N–H and O–H groups in total. The number of thioether (sulfide) groups is 1. The van der Waals surface area contributed by atoms with Crippen molar-refractivity contribution >= 4 is 17.5 Å².